The first-order valence-corrected chi connectivity index (χ1v) is 8.38. The zero-order chi connectivity index (χ0) is 18.6. The molecule has 0 aromatic heterocycles. The van der Waals surface area contributed by atoms with Crippen LogP contribution >= 0.6 is 0 Å². The molecule has 1 aliphatic carbocycles. The highest BCUT2D eigenvalue weighted by molar-refractivity contribution is 5.83. The molecule has 6 heteroatoms. The number of alkyl carbamates (subject to hydrolysis) is 1. The van der Waals surface area contributed by atoms with Gasteiger partial charge in [0.15, 0.2) is 0 Å². The Kier molecular flexibility index (Phi) is 5.11. The van der Waals surface area contributed by atoms with Crippen LogP contribution < -0.4 is 10.1 Å². The molecule has 6 nitrogen and oxygen atoms in total. The first-order chi connectivity index (χ1) is 12.5. The lowest BCUT2D eigenvalue weighted by molar-refractivity contribution is -0.148. The molecular formula is C20H21NO5. The summed E-state index contributed by atoms with van der Waals surface area (Å²) < 4.78 is 10.3. The van der Waals surface area contributed by atoms with E-state index in [1.165, 1.54) is 0 Å². The highest BCUT2D eigenvalue weighted by atomic mass is 16.5. The number of amides is 1. The highest BCUT2D eigenvalue weighted by Gasteiger charge is 2.52. The van der Waals surface area contributed by atoms with Crippen LogP contribution in [-0.4, -0.2) is 30.3 Å². The Labute approximate surface area is 151 Å². The van der Waals surface area contributed by atoms with Crippen LogP contribution in [0.2, 0.25) is 0 Å². The molecule has 1 fully saturated rings. The van der Waals surface area contributed by atoms with E-state index in [2.05, 4.69) is 5.32 Å². The number of methoxy groups -OCH3 is 1. The molecule has 2 aromatic carbocycles. The second-order valence-electron chi connectivity index (χ2n) is 6.43. The molecule has 0 bridgehead atoms. The summed E-state index contributed by atoms with van der Waals surface area (Å²) in [5.41, 5.74) is 0.625. The zero-order valence-electron chi connectivity index (χ0n) is 14.5. The van der Waals surface area contributed by atoms with Gasteiger partial charge in [-0.3, -0.25) is 4.79 Å². The van der Waals surface area contributed by atoms with Gasteiger partial charge in [-0.05, 0) is 36.1 Å². The third kappa shape index (κ3) is 3.64. The van der Waals surface area contributed by atoms with Crippen molar-refractivity contribution in [3.8, 4) is 5.75 Å². The van der Waals surface area contributed by atoms with Crippen molar-refractivity contribution in [3.05, 3.63) is 65.7 Å². The Morgan fingerprint density at radius 2 is 1.77 bits per heavy atom. The second kappa shape index (κ2) is 7.47. The highest BCUT2D eigenvalue weighted by Crippen LogP contribution is 2.44. The number of carbonyl (C=O) groups excluding carboxylic acids is 1. The van der Waals surface area contributed by atoms with E-state index in [-0.39, 0.29) is 12.6 Å². The van der Waals surface area contributed by atoms with Crippen LogP contribution in [0.3, 0.4) is 0 Å². The quantitative estimate of drug-likeness (QED) is 0.832. The predicted octanol–water partition coefficient (Wildman–Crippen LogP) is 3.11. The van der Waals surface area contributed by atoms with Crippen molar-refractivity contribution >= 4 is 12.1 Å². The maximum Gasteiger partial charge on any atom is 0.407 e. The number of hydrogen-bond donors (Lipinski definition) is 2. The number of carbonyl (C=O) groups is 2. The SMILES string of the molecule is COc1ccc(C2(C(=O)O)CC(NC(=O)OCc3ccccc3)C2)cc1. The number of hydrogen-bond acceptors (Lipinski definition) is 4. The summed E-state index contributed by atoms with van der Waals surface area (Å²) in [6.45, 7) is 0.182. The number of ether oxygens (including phenoxy) is 2. The van der Waals surface area contributed by atoms with E-state index in [4.69, 9.17) is 9.47 Å². The molecule has 0 radical (unpaired) electrons. The molecule has 1 aliphatic rings. The van der Waals surface area contributed by atoms with Gasteiger partial charge >= 0.3 is 12.1 Å². The minimum Gasteiger partial charge on any atom is -0.497 e. The second-order valence-corrected chi connectivity index (χ2v) is 6.43. The summed E-state index contributed by atoms with van der Waals surface area (Å²) in [6, 6.07) is 16.2. The summed E-state index contributed by atoms with van der Waals surface area (Å²) >= 11 is 0. The minimum absolute atomic E-state index is 0.182. The maximum absolute atomic E-state index is 11.9. The molecule has 0 aliphatic heterocycles. The summed E-state index contributed by atoms with van der Waals surface area (Å²) in [4.78, 5) is 23.7. The Bertz CT molecular complexity index is 767. The lowest BCUT2D eigenvalue weighted by atomic mass is 9.61. The van der Waals surface area contributed by atoms with Crippen molar-refractivity contribution < 1.29 is 24.2 Å². The van der Waals surface area contributed by atoms with Gasteiger partial charge in [0.05, 0.1) is 12.5 Å². The summed E-state index contributed by atoms with van der Waals surface area (Å²) in [7, 11) is 1.56. The third-order valence-electron chi connectivity index (χ3n) is 4.78. The molecule has 3 rings (SSSR count). The van der Waals surface area contributed by atoms with Crippen LogP contribution in [0.15, 0.2) is 54.6 Å². The largest absolute Gasteiger partial charge is 0.497 e. The number of nitrogens with one attached hydrogen (secondary N) is 1. The number of rotatable bonds is 6. The average Bonchev–Trinajstić information content (AvgIpc) is 2.63. The van der Waals surface area contributed by atoms with Crippen LogP contribution in [0.25, 0.3) is 0 Å². The Balaban J connectivity index is 1.56. The molecular weight excluding hydrogens is 334 g/mol. The molecule has 0 spiro atoms. The van der Waals surface area contributed by atoms with Crippen molar-refractivity contribution in [2.75, 3.05) is 7.11 Å². The van der Waals surface area contributed by atoms with Gasteiger partial charge < -0.3 is 19.9 Å². The number of carboxylic acid groups (broad SMARTS) is 1. The fraction of sp³-hybridized carbons (Fsp3) is 0.300. The average molecular weight is 355 g/mol. The van der Waals surface area contributed by atoms with Crippen LogP contribution in [0.1, 0.15) is 24.0 Å². The molecule has 1 amide bonds. The van der Waals surface area contributed by atoms with Gasteiger partial charge in [-0.25, -0.2) is 4.79 Å². The van der Waals surface area contributed by atoms with E-state index in [9.17, 15) is 14.7 Å². The van der Waals surface area contributed by atoms with E-state index in [0.29, 0.717) is 24.2 Å². The standard InChI is InChI=1S/C20H21NO5/c1-25-17-9-7-15(8-10-17)20(18(22)23)11-16(12-20)21-19(24)26-13-14-5-3-2-4-6-14/h2-10,16H,11-13H2,1H3,(H,21,24)(H,22,23). The van der Waals surface area contributed by atoms with Gasteiger partial charge in [0, 0.05) is 6.04 Å². The zero-order valence-corrected chi connectivity index (χ0v) is 14.5. The number of aliphatic carboxylic acids is 1. The molecule has 2 aromatic rings. The van der Waals surface area contributed by atoms with E-state index < -0.39 is 17.5 Å². The van der Waals surface area contributed by atoms with Gasteiger partial charge in [0.1, 0.15) is 12.4 Å². The van der Waals surface area contributed by atoms with E-state index >= 15 is 0 Å². The first kappa shape index (κ1) is 17.8. The van der Waals surface area contributed by atoms with Crippen LogP contribution in [-0.2, 0) is 21.6 Å². The smallest absolute Gasteiger partial charge is 0.407 e. The molecule has 1 saturated carbocycles. The van der Waals surface area contributed by atoms with Crippen LogP contribution in [0.4, 0.5) is 4.79 Å². The van der Waals surface area contributed by atoms with Crippen molar-refractivity contribution in [2.24, 2.45) is 0 Å². The maximum atomic E-state index is 11.9. The lowest BCUT2D eigenvalue weighted by Gasteiger charge is -2.44. The molecule has 0 heterocycles. The van der Waals surface area contributed by atoms with Gasteiger partial charge in [0.25, 0.3) is 0 Å². The molecule has 26 heavy (non-hydrogen) atoms. The fourth-order valence-corrected chi connectivity index (χ4v) is 3.26. The third-order valence-corrected chi connectivity index (χ3v) is 4.78. The Morgan fingerprint density at radius 1 is 1.12 bits per heavy atom. The molecule has 0 unspecified atom stereocenters. The van der Waals surface area contributed by atoms with Gasteiger partial charge in [0.2, 0.25) is 0 Å². The summed E-state index contributed by atoms with van der Waals surface area (Å²) in [5, 5.41) is 12.4. The Morgan fingerprint density at radius 3 is 2.35 bits per heavy atom. The summed E-state index contributed by atoms with van der Waals surface area (Å²) in [6.07, 6.45) is 0.122. The first-order valence-electron chi connectivity index (χ1n) is 8.38. The molecule has 0 saturated heterocycles. The normalized spacial score (nSPS) is 21.3. The molecule has 136 valence electrons. The van der Waals surface area contributed by atoms with Gasteiger partial charge in [-0.2, -0.15) is 0 Å². The van der Waals surface area contributed by atoms with E-state index in [0.717, 1.165) is 5.56 Å². The van der Waals surface area contributed by atoms with E-state index in [1.54, 1.807) is 31.4 Å². The number of carboxylic acids is 1. The minimum atomic E-state index is -0.982. The van der Waals surface area contributed by atoms with Crippen LogP contribution in [0.5, 0.6) is 5.75 Å². The van der Waals surface area contributed by atoms with Crippen molar-refractivity contribution in [3.63, 3.8) is 0 Å². The van der Waals surface area contributed by atoms with Crippen molar-refractivity contribution in [2.45, 2.75) is 30.9 Å². The topological polar surface area (TPSA) is 84.9 Å². The molecule has 0 atom stereocenters. The van der Waals surface area contributed by atoms with Crippen LogP contribution in [0, 0.1) is 0 Å². The van der Waals surface area contributed by atoms with Gasteiger partial charge in [-0.1, -0.05) is 42.5 Å². The monoisotopic (exact) mass is 355 g/mol. The van der Waals surface area contributed by atoms with Gasteiger partial charge in [-0.15, -0.1) is 0 Å². The molecule has 2 N–H and O–H groups in total. The summed E-state index contributed by atoms with van der Waals surface area (Å²) in [5.74, 6) is -0.217. The van der Waals surface area contributed by atoms with E-state index in [1.807, 2.05) is 30.3 Å². The Hall–Kier alpha value is -3.02. The van der Waals surface area contributed by atoms with Crippen molar-refractivity contribution in [1.82, 2.24) is 5.32 Å². The lowest BCUT2D eigenvalue weighted by Crippen LogP contribution is -2.57. The van der Waals surface area contributed by atoms with Crippen molar-refractivity contribution in [1.29, 1.82) is 0 Å². The number of benzene rings is 2. The fourth-order valence-electron chi connectivity index (χ4n) is 3.26. The predicted molar refractivity (Wildman–Crippen MR) is 95.1 cm³/mol.